The maximum absolute atomic E-state index is 12.6. The van der Waals surface area contributed by atoms with Crippen LogP contribution in [0, 0.1) is 0 Å². The predicted molar refractivity (Wildman–Crippen MR) is 220 cm³/mol. The highest BCUT2D eigenvalue weighted by atomic mass is 31.2. The van der Waals surface area contributed by atoms with Crippen molar-refractivity contribution in [2.24, 2.45) is 0 Å². The van der Waals surface area contributed by atoms with Gasteiger partial charge < -0.3 is 18.9 Å². The van der Waals surface area contributed by atoms with Gasteiger partial charge in [0.1, 0.15) is 19.8 Å². The fraction of sp³-hybridized carbons (Fsp3) is 0.767. The van der Waals surface area contributed by atoms with E-state index in [4.69, 9.17) is 18.5 Å². The monoisotopic (exact) mass is 769 g/mol. The van der Waals surface area contributed by atoms with Crippen LogP contribution in [0.1, 0.15) is 162 Å². The summed E-state index contributed by atoms with van der Waals surface area (Å²) in [5.41, 5.74) is 0. The third kappa shape index (κ3) is 39.5. The van der Waals surface area contributed by atoms with Gasteiger partial charge in [0.05, 0.1) is 27.7 Å². The number of esters is 2. The summed E-state index contributed by atoms with van der Waals surface area (Å²) in [5, 5.41) is 0. The molecule has 0 spiro atoms. The molecule has 53 heavy (non-hydrogen) atoms. The average molecular weight is 769 g/mol. The molecule has 0 amide bonds. The second-order valence-electron chi connectivity index (χ2n) is 15.0. The highest BCUT2D eigenvalue weighted by molar-refractivity contribution is 7.47. The summed E-state index contributed by atoms with van der Waals surface area (Å²) in [4.78, 5) is 35.2. The topological polar surface area (TPSA) is 108 Å². The molecule has 10 heteroatoms. The smallest absolute Gasteiger partial charge is 0.462 e. The van der Waals surface area contributed by atoms with Crippen molar-refractivity contribution in [2.45, 2.75) is 168 Å². The van der Waals surface area contributed by atoms with Gasteiger partial charge in [0.25, 0.3) is 0 Å². The number of phosphoric acid groups is 1. The molecule has 308 valence electrons. The second kappa shape index (κ2) is 35.7. The number of carbonyl (C=O) groups is 2. The average Bonchev–Trinajstić information content (AvgIpc) is 3.10. The highest BCUT2D eigenvalue weighted by Gasteiger charge is 2.27. The Hall–Kier alpha value is -2.03. The summed E-state index contributed by atoms with van der Waals surface area (Å²) >= 11 is 0. The first kappa shape index (κ1) is 51.0. The molecule has 0 fully saturated rings. The van der Waals surface area contributed by atoms with Crippen molar-refractivity contribution in [3.63, 3.8) is 0 Å². The lowest BCUT2D eigenvalue weighted by Gasteiger charge is -2.24. The van der Waals surface area contributed by atoms with Gasteiger partial charge in [-0.1, -0.05) is 140 Å². The van der Waals surface area contributed by atoms with Crippen molar-refractivity contribution >= 4 is 19.8 Å². The molecule has 9 nitrogen and oxygen atoms in total. The number of nitrogens with zero attached hydrogens (tertiary/aromatic N) is 1. The van der Waals surface area contributed by atoms with Crippen LogP contribution in [-0.2, 0) is 32.7 Å². The first-order chi connectivity index (χ1) is 25.5. The number of unbranched alkanes of at least 4 members (excludes halogenated alkanes) is 15. The number of hydrogen-bond acceptors (Lipinski definition) is 7. The second-order valence-corrected chi connectivity index (χ2v) is 16.5. The van der Waals surface area contributed by atoms with E-state index in [0.717, 1.165) is 57.8 Å². The Bertz CT molecular complexity index is 1050. The molecule has 0 aromatic rings. The maximum Gasteiger partial charge on any atom is 0.472 e. The minimum absolute atomic E-state index is 0.0257. The number of carbonyl (C=O) groups excluding carboxylic acids is 2. The Morgan fingerprint density at radius 3 is 1.55 bits per heavy atom. The van der Waals surface area contributed by atoms with Gasteiger partial charge in [-0.2, -0.15) is 0 Å². The van der Waals surface area contributed by atoms with Gasteiger partial charge >= 0.3 is 19.8 Å². The van der Waals surface area contributed by atoms with E-state index < -0.39 is 32.5 Å². The molecule has 0 aliphatic heterocycles. The Kier molecular flexibility index (Phi) is 34.3. The molecule has 0 aliphatic rings. The quantitative estimate of drug-likeness (QED) is 0.0219. The van der Waals surface area contributed by atoms with Gasteiger partial charge in [-0.15, -0.1) is 0 Å². The molecule has 2 atom stereocenters. The van der Waals surface area contributed by atoms with Crippen LogP contribution in [0.5, 0.6) is 0 Å². The fourth-order valence-corrected chi connectivity index (χ4v) is 6.03. The molecule has 0 rings (SSSR count). The lowest BCUT2D eigenvalue weighted by molar-refractivity contribution is -0.870. The Balaban J connectivity index is 4.41. The first-order valence-electron chi connectivity index (χ1n) is 20.9. The number of quaternary nitrogens is 1. The molecule has 1 unspecified atom stereocenters. The van der Waals surface area contributed by atoms with Crippen LogP contribution in [0.15, 0.2) is 48.6 Å². The summed E-state index contributed by atoms with van der Waals surface area (Å²) in [6, 6.07) is 0. The minimum atomic E-state index is -4.38. The van der Waals surface area contributed by atoms with Crippen LogP contribution < -0.4 is 0 Å². The molecule has 0 radical (unpaired) electrons. The highest BCUT2D eigenvalue weighted by Crippen LogP contribution is 2.43. The summed E-state index contributed by atoms with van der Waals surface area (Å²) in [5.74, 6) is -0.838. The molecule has 0 aromatic carbocycles. The largest absolute Gasteiger partial charge is 0.472 e. The van der Waals surface area contributed by atoms with E-state index in [0.29, 0.717) is 23.9 Å². The van der Waals surface area contributed by atoms with Crippen molar-refractivity contribution in [1.29, 1.82) is 0 Å². The molecule has 0 aliphatic carbocycles. The van der Waals surface area contributed by atoms with Gasteiger partial charge in [-0.05, 0) is 57.8 Å². The number of likely N-dealkylation sites (N-methyl/N-ethyl adjacent to an activating group) is 1. The number of hydrogen-bond donors (Lipinski definition) is 1. The van der Waals surface area contributed by atoms with Gasteiger partial charge in [-0.3, -0.25) is 18.6 Å². The van der Waals surface area contributed by atoms with Crippen LogP contribution in [0.4, 0.5) is 0 Å². The van der Waals surface area contributed by atoms with Crippen LogP contribution in [0.25, 0.3) is 0 Å². The molecule has 0 aromatic heterocycles. The number of ether oxygens (including phenoxy) is 2. The van der Waals surface area contributed by atoms with E-state index in [-0.39, 0.29) is 26.1 Å². The van der Waals surface area contributed by atoms with Crippen molar-refractivity contribution < 1.29 is 42.1 Å². The molecule has 1 N–H and O–H groups in total. The van der Waals surface area contributed by atoms with E-state index >= 15 is 0 Å². The van der Waals surface area contributed by atoms with Crippen molar-refractivity contribution in [3.8, 4) is 0 Å². The lowest BCUT2D eigenvalue weighted by atomic mass is 10.1. The molecular formula is C43H79NO8P+. The SMILES string of the molecule is CCCCC/C=C\C/C=C\C/C=C\C/C=C\CCCCCC(=O)OC[C@H](COP(=O)(O)OCC[N+](C)(C)C)OC(=O)CCCCCCCCCCCC. The van der Waals surface area contributed by atoms with Crippen LogP contribution in [0.3, 0.4) is 0 Å². The van der Waals surface area contributed by atoms with E-state index in [1.54, 1.807) is 0 Å². The van der Waals surface area contributed by atoms with E-state index in [1.807, 2.05) is 21.1 Å². The Morgan fingerprint density at radius 1 is 0.585 bits per heavy atom. The number of allylic oxidation sites excluding steroid dienone is 8. The van der Waals surface area contributed by atoms with Crippen LogP contribution in [0.2, 0.25) is 0 Å². The summed E-state index contributed by atoms with van der Waals surface area (Å²) in [7, 11) is 1.45. The molecule has 0 saturated carbocycles. The van der Waals surface area contributed by atoms with Crippen LogP contribution in [-0.4, -0.2) is 74.9 Å². The normalized spacial score (nSPS) is 14.2. The third-order valence-corrected chi connectivity index (χ3v) is 9.60. The first-order valence-corrected chi connectivity index (χ1v) is 22.4. The van der Waals surface area contributed by atoms with Crippen molar-refractivity contribution in [1.82, 2.24) is 0 Å². The van der Waals surface area contributed by atoms with Gasteiger partial charge in [0.15, 0.2) is 6.10 Å². The Morgan fingerprint density at radius 2 is 1.02 bits per heavy atom. The fourth-order valence-electron chi connectivity index (χ4n) is 5.29. The van der Waals surface area contributed by atoms with E-state index in [2.05, 4.69) is 62.5 Å². The number of phosphoric ester groups is 1. The molecule has 0 saturated heterocycles. The lowest BCUT2D eigenvalue weighted by Crippen LogP contribution is -2.37. The zero-order valence-electron chi connectivity index (χ0n) is 34.5. The van der Waals surface area contributed by atoms with Gasteiger partial charge in [0, 0.05) is 12.8 Å². The van der Waals surface area contributed by atoms with Crippen LogP contribution >= 0.6 is 7.82 Å². The zero-order valence-corrected chi connectivity index (χ0v) is 35.4. The molecule has 0 heterocycles. The summed E-state index contributed by atoms with van der Waals surface area (Å²) < 4.78 is 34.2. The van der Waals surface area contributed by atoms with E-state index in [9.17, 15) is 19.0 Å². The maximum atomic E-state index is 12.6. The van der Waals surface area contributed by atoms with Gasteiger partial charge in [-0.25, -0.2) is 4.57 Å². The summed E-state index contributed by atoms with van der Waals surface area (Å²) in [6.07, 6.45) is 40.2. The molecular weight excluding hydrogens is 689 g/mol. The standard InChI is InChI=1S/C43H78NO8P/c1-6-8-10-12-14-16-18-19-20-21-22-23-24-25-26-28-29-31-33-35-42(45)49-39-41(40-51-53(47,48)50-38-37-44(3,4)5)52-43(46)36-34-32-30-27-17-15-13-11-9-7-2/h14,16,19-20,22-23,25-26,41H,6-13,15,17-18,21,24,27-40H2,1-5H3/p+1/b16-14-,20-19-,23-22-,26-25-/t41-/m1/s1. The van der Waals surface area contributed by atoms with E-state index in [1.165, 1.54) is 64.2 Å². The van der Waals surface area contributed by atoms with Crippen molar-refractivity contribution in [3.05, 3.63) is 48.6 Å². The minimum Gasteiger partial charge on any atom is -0.462 e. The zero-order chi connectivity index (χ0) is 39.3. The van der Waals surface area contributed by atoms with Crippen molar-refractivity contribution in [2.75, 3.05) is 47.5 Å². The third-order valence-electron chi connectivity index (χ3n) is 8.61. The number of rotatable bonds is 37. The molecule has 0 bridgehead atoms. The predicted octanol–water partition coefficient (Wildman–Crippen LogP) is 11.5. The Labute approximate surface area is 324 Å². The van der Waals surface area contributed by atoms with Gasteiger partial charge in [0.2, 0.25) is 0 Å². The summed E-state index contributed by atoms with van der Waals surface area (Å²) in [6.45, 7) is 4.33.